The van der Waals surface area contributed by atoms with Crippen LogP contribution in [0.15, 0.2) is 47.5 Å². The minimum absolute atomic E-state index is 0.0721. The Kier molecular flexibility index (Phi) is 5.18. The normalized spacial score (nSPS) is 24.9. The maximum atomic E-state index is 12.7. The van der Waals surface area contributed by atoms with E-state index in [1.165, 1.54) is 16.6 Å². The van der Waals surface area contributed by atoms with Gasteiger partial charge in [-0.25, -0.2) is 4.98 Å². The molecule has 0 unspecified atom stereocenters. The molecular formula is C19H18F3N4O2S. The Morgan fingerprint density at radius 3 is 2.66 bits per heavy atom. The average Bonchev–Trinajstić information content (AvgIpc) is 3.19. The number of aliphatic hydroxyl groups is 2. The Morgan fingerprint density at radius 1 is 1.17 bits per heavy atom. The van der Waals surface area contributed by atoms with E-state index in [9.17, 15) is 23.4 Å². The van der Waals surface area contributed by atoms with E-state index in [0.29, 0.717) is 29.1 Å². The summed E-state index contributed by atoms with van der Waals surface area (Å²) in [5.41, 5.74) is -2.86. The number of alkyl halides is 3. The predicted octanol–water partition coefficient (Wildman–Crippen LogP) is 3.36. The number of nitrogens with zero attached hydrogens (tertiary/aromatic N) is 3. The molecule has 1 aliphatic carbocycles. The van der Waals surface area contributed by atoms with Crippen molar-refractivity contribution in [3.8, 4) is 11.3 Å². The summed E-state index contributed by atoms with van der Waals surface area (Å²) in [7, 11) is 0. The standard InChI is InChI=1S/C19H18F3N4O2S/c1-10-7-14(18(28)17(10)27)24-15-5-6-23-16-9-13(25-26(15)16)11-3-2-4-12(8-11)29-19(20,21)22/h2-6,8-10,14,17-18,24,27-28H,1,7H2/t10-,14-,17-,18+/m0/s1. The summed E-state index contributed by atoms with van der Waals surface area (Å²) in [5.74, 6) is 0.259. The summed E-state index contributed by atoms with van der Waals surface area (Å²) in [6.45, 7) is 3.83. The van der Waals surface area contributed by atoms with Crippen LogP contribution in [0.4, 0.5) is 19.0 Å². The van der Waals surface area contributed by atoms with Crippen LogP contribution in [0.5, 0.6) is 0 Å². The highest BCUT2D eigenvalue weighted by atomic mass is 32.2. The van der Waals surface area contributed by atoms with Gasteiger partial charge in [-0.2, -0.15) is 22.8 Å². The van der Waals surface area contributed by atoms with Crippen molar-refractivity contribution in [2.24, 2.45) is 5.92 Å². The molecule has 0 spiro atoms. The lowest BCUT2D eigenvalue weighted by atomic mass is 10.1. The van der Waals surface area contributed by atoms with E-state index in [-0.39, 0.29) is 22.6 Å². The number of anilines is 1. The molecule has 3 aromatic rings. The minimum atomic E-state index is -4.37. The van der Waals surface area contributed by atoms with Gasteiger partial charge in [0.1, 0.15) is 11.9 Å². The molecule has 10 heteroatoms. The number of nitrogens with one attached hydrogen (secondary N) is 1. The van der Waals surface area contributed by atoms with Crippen molar-refractivity contribution >= 4 is 23.2 Å². The summed E-state index contributed by atoms with van der Waals surface area (Å²) >= 11 is -0.178. The molecule has 0 bridgehead atoms. The Labute approximate surface area is 168 Å². The summed E-state index contributed by atoms with van der Waals surface area (Å²) in [6, 6.07) is 8.99. The van der Waals surface area contributed by atoms with E-state index in [1.807, 2.05) is 0 Å². The Hall–Kier alpha value is -2.30. The number of benzene rings is 1. The van der Waals surface area contributed by atoms with Gasteiger partial charge in [-0.1, -0.05) is 12.1 Å². The van der Waals surface area contributed by atoms with Gasteiger partial charge in [0.05, 0.1) is 17.8 Å². The van der Waals surface area contributed by atoms with Crippen LogP contribution in [0.3, 0.4) is 0 Å². The Bertz CT molecular complexity index is 1030. The summed E-state index contributed by atoms with van der Waals surface area (Å²) in [6.07, 6.45) is 0.175. The SMILES string of the molecule is [CH2][C@H]1C[C@H](Nc2ccnc3cc(-c4cccc(SC(F)(F)F)c4)nn23)[C@@H](O)[C@H]1O. The molecule has 153 valence electrons. The van der Waals surface area contributed by atoms with Crippen molar-refractivity contribution in [1.82, 2.24) is 14.6 Å². The summed E-state index contributed by atoms with van der Waals surface area (Å²) in [4.78, 5) is 4.32. The van der Waals surface area contributed by atoms with E-state index < -0.39 is 23.8 Å². The first-order chi connectivity index (χ1) is 13.7. The molecular weight excluding hydrogens is 405 g/mol. The molecule has 0 amide bonds. The molecule has 4 atom stereocenters. The molecule has 1 saturated carbocycles. The second-order valence-corrected chi connectivity index (χ2v) is 8.07. The third-order valence-electron chi connectivity index (χ3n) is 4.86. The average molecular weight is 423 g/mol. The highest BCUT2D eigenvalue weighted by Gasteiger charge is 2.39. The first-order valence-corrected chi connectivity index (χ1v) is 9.69. The molecule has 0 saturated heterocycles. The molecule has 3 N–H and O–H groups in total. The van der Waals surface area contributed by atoms with Gasteiger partial charge < -0.3 is 15.5 Å². The van der Waals surface area contributed by atoms with Gasteiger partial charge in [0.25, 0.3) is 0 Å². The van der Waals surface area contributed by atoms with Crippen LogP contribution >= 0.6 is 11.8 Å². The van der Waals surface area contributed by atoms with Gasteiger partial charge in [-0.05, 0) is 49.2 Å². The number of hydrogen-bond donors (Lipinski definition) is 3. The van der Waals surface area contributed by atoms with Gasteiger partial charge in [-0.3, -0.25) is 0 Å². The van der Waals surface area contributed by atoms with Gasteiger partial charge in [0.2, 0.25) is 0 Å². The fraction of sp³-hybridized carbons (Fsp3) is 0.316. The van der Waals surface area contributed by atoms with Crippen LogP contribution in [0.2, 0.25) is 0 Å². The zero-order valence-electron chi connectivity index (χ0n) is 15.0. The quantitative estimate of drug-likeness (QED) is 0.559. The van der Waals surface area contributed by atoms with Crippen LogP contribution < -0.4 is 5.32 Å². The molecule has 2 heterocycles. The number of fused-ring (bicyclic) bond motifs is 1. The molecule has 4 rings (SSSR count). The number of aromatic nitrogens is 3. The number of thioether (sulfide) groups is 1. The third-order valence-corrected chi connectivity index (χ3v) is 5.58. The molecule has 1 fully saturated rings. The lowest BCUT2D eigenvalue weighted by Gasteiger charge is -2.19. The van der Waals surface area contributed by atoms with E-state index in [1.54, 1.807) is 30.5 Å². The second kappa shape index (κ2) is 7.51. The zero-order chi connectivity index (χ0) is 20.8. The molecule has 1 radical (unpaired) electrons. The first kappa shape index (κ1) is 20.0. The third kappa shape index (κ3) is 4.19. The van der Waals surface area contributed by atoms with Crippen molar-refractivity contribution < 1.29 is 23.4 Å². The minimum Gasteiger partial charge on any atom is -0.390 e. The molecule has 29 heavy (non-hydrogen) atoms. The maximum absolute atomic E-state index is 12.7. The number of aliphatic hydroxyl groups excluding tert-OH is 2. The Morgan fingerprint density at radius 2 is 1.97 bits per heavy atom. The predicted molar refractivity (Wildman–Crippen MR) is 103 cm³/mol. The molecule has 2 aromatic heterocycles. The maximum Gasteiger partial charge on any atom is 0.446 e. The van der Waals surface area contributed by atoms with Crippen LogP contribution in [0, 0.1) is 12.8 Å². The van der Waals surface area contributed by atoms with Gasteiger partial charge in [0.15, 0.2) is 5.65 Å². The number of rotatable bonds is 4. The van der Waals surface area contributed by atoms with Gasteiger partial charge in [-0.15, -0.1) is 0 Å². The number of hydrogen-bond acceptors (Lipinski definition) is 6. The van der Waals surface area contributed by atoms with E-state index in [2.05, 4.69) is 22.3 Å². The van der Waals surface area contributed by atoms with E-state index in [0.717, 1.165) is 0 Å². The highest BCUT2D eigenvalue weighted by molar-refractivity contribution is 8.00. The lowest BCUT2D eigenvalue weighted by molar-refractivity contribution is -0.0328. The van der Waals surface area contributed by atoms with Gasteiger partial charge in [0, 0.05) is 22.7 Å². The fourth-order valence-corrected chi connectivity index (χ4v) is 4.05. The molecule has 6 nitrogen and oxygen atoms in total. The van der Waals surface area contributed by atoms with Crippen molar-refractivity contribution in [3.63, 3.8) is 0 Å². The topological polar surface area (TPSA) is 82.7 Å². The van der Waals surface area contributed by atoms with Crippen molar-refractivity contribution in [2.75, 3.05) is 5.32 Å². The van der Waals surface area contributed by atoms with E-state index in [4.69, 9.17) is 0 Å². The highest BCUT2D eigenvalue weighted by Crippen LogP contribution is 2.38. The summed E-state index contributed by atoms with van der Waals surface area (Å²) < 4.78 is 39.5. The number of halogens is 3. The zero-order valence-corrected chi connectivity index (χ0v) is 15.9. The van der Waals surface area contributed by atoms with Crippen LogP contribution in [-0.4, -0.2) is 48.6 Å². The van der Waals surface area contributed by atoms with Crippen molar-refractivity contribution in [3.05, 3.63) is 49.5 Å². The van der Waals surface area contributed by atoms with Crippen LogP contribution in [-0.2, 0) is 0 Å². The largest absolute Gasteiger partial charge is 0.446 e. The fourth-order valence-electron chi connectivity index (χ4n) is 3.45. The molecule has 1 aromatic carbocycles. The molecule has 1 aliphatic rings. The lowest BCUT2D eigenvalue weighted by Crippen LogP contribution is -2.35. The van der Waals surface area contributed by atoms with E-state index >= 15 is 0 Å². The van der Waals surface area contributed by atoms with Crippen molar-refractivity contribution in [2.45, 2.75) is 35.1 Å². The Balaban J connectivity index is 1.64. The van der Waals surface area contributed by atoms with Gasteiger partial charge >= 0.3 is 5.51 Å². The smallest absolute Gasteiger partial charge is 0.390 e. The summed E-state index contributed by atoms with van der Waals surface area (Å²) in [5, 5.41) is 27.7. The van der Waals surface area contributed by atoms with Crippen LogP contribution in [0.1, 0.15) is 6.42 Å². The monoisotopic (exact) mass is 423 g/mol. The second-order valence-electron chi connectivity index (χ2n) is 6.93. The van der Waals surface area contributed by atoms with Crippen LogP contribution in [0.25, 0.3) is 16.9 Å². The first-order valence-electron chi connectivity index (χ1n) is 8.88. The molecule has 0 aliphatic heterocycles. The van der Waals surface area contributed by atoms with Crippen molar-refractivity contribution in [1.29, 1.82) is 0 Å².